The van der Waals surface area contributed by atoms with Gasteiger partial charge >= 0.3 is 0 Å². The van der Waals surface area contributed by atoms with Gasteiger partial charge in [0.05, 0.1) is 11.9 Å². The van der Waals surface area contributed by atoms with Gasteiger partial charge in [0, 0.05) is 10.6 Å². The van der Waals surface area contributed by atoms with Gasteiger partial charge in [-0.15, -0.1) is 0 Å². The molecule has 0 amide bonds. The molecule has 1 unspecified atom stereocenters. The van der Waals surface area contributed by atoms with Crippen LogP contribution in [0.3, 0.4) is 0 Å². The van der Waals surface area contributed by atoms with E-state index in [1.807, 2.05) is 6.92 Å². The fraction of sp³-hybridized carbons (Fsp3) is 0.429. The Balaban J connectivity index is 2.60. The molecule has 2 rings (SSSR count). The minimum Gasteiger partial charge on any atom is -0.496 e. The molecule has 5 heteroatoms. The molecular weight excluding hydrogens is 284 g/mol. The molecular formula is C14H15ClO3S. The second kappa shape index (κ2) is 4.84. The Morgan fingerprint density at radius 3 is 2.42 bits per heavy atom. The number of ketones is 1. The number of Topliss-reactive ketones (excluding diaryl/α,β-unsaturated/α-hetero) is 1. The normalized spacial score (nSPS) is 21.8. The van der Waals surface area contributed by atoms with Crippen LogP contribution in [0.2, 0.25) is 5.02 Å². The van der Waals surface area contributed by atoms with Crippen LogP contribution in [0.25, 0.3) is 0 Å². The van der Waals surface area contributed by atoms with E-state index < -0.39 is 10.7 Å². The summed E-state index contributed by atoms with van der Waals surface area (Å²) in [5.41, 5.74) is 1.44. The fourth-order valence-electron chi connectivity index (χ4n) is 2.33. The second-order valence-corrected chi connectivity index (χ2v) is 7.13. The molecule has 1 saturated heterocycles. The summed E-state index contributed by atoms with van der Waals surface area (Å²) in [6.45, 7) is 5.38. The van der Waals surface area contributed by atoms with Crippen LogP contribution < -0.4 is 4.74 Å². The van der Waals surface area contributed by atoms with Crippen molar-refractivity contribution in [2.24, 2.45) is 0 Å². The fourth-order valence-corrected chi connectivity index (χ4v) is 3.65. The summed E-state index contributed by atoms with van der Waals surface area (Å²) in [7, 11) is 1.51. The number of hydrogen-bond acceptors (Lipinski definition) is 4. The zero-order chi connectivity index (χ0) is 14.4. The van der Waals surface area contributed by atoms with Crippen LogP contribution in [0.15, 0.2) is 12.1 Å². The van der Waals surface area contributed by atoms with Crippen LogP contribution in [-0.4, -0.2) is 22.8 Å². The lowest BCUT2D eigenvalue weighted by atomic mass is 9.87. The number of benzene rings is 1. The summed E-state index contributed by atoms with van der Waals surface area (Å²) in [4.78, 5) is 24.6. The average molecular weight is 299 g/mol. The van der Waals surface area contributed by atoms with Crippen LogP contribution in [0.1, 0.15) is 30.9 Å². The third-order valence-corrected chi connectivity index (χ3v) is 4.64. The van der Waals surface area contributed by atoms with E-state index in [0.29, 0.717) is 16.3 Å². The molecule has 0 spiro atoms. The van der Waals surface area contributed by atoms with Gasteiger partial charge in [0.1, 0.15) is 11.7 Å². The molecule has 102 valence electrons. The highest BCUT2D eigenvalue weighted by atomic mass is 35.5. The maximum Gasteiger partial charge on any atom is 0.205 e. The van der Waals surface area contributed by atoms with Crippen molar-refractivity contribution in [2.75, 3.05) is 7.11 Å². The maximum absolute atomic E-state index is 12.4. The minimum absolute atomic E-state index is 0.0776. The number of aryl methyl sites for hydroxylation is 1. The number of halogens is 1. The highest BCUT2D eigenvalue weighted by molar-refractivity contribution is 8.16. The number of carbonyl (C=O) groups excluding carboxylic acids is 2. The zero-order valence-corrected chi connectivity index (χ0v) is 12.8. The van der Waals surface area contributed by atoms with Gasteiger partial charge in [-0.3, -0.25) is 9.59 Å². The van der Waals surface area contributed by atoms with Gasteiger partial charge < -0.3 is 4.74 Å². The maximum atomic E-state index is 12.4. The number of carbonyl (C=O) groups is 2. The Hall–Kier alpha value is -1.00. The lowest BCUT2D eigenvalue weighted by Gasteiger charge is -2.17. The first kappa shape index (κ1) is 14.4. The van der Waals surface area contributed by atoms with Crippen molar-refractivity contribution in [3.63, 3.8) is 0 Å². The second-order valence-electron chi connectivity index (χ2n) is 5.07. The van der Waals surface area contributed by atoms with Crippen molar-refractivity contribution in [3.8, 4) is 5.75 Å². The van der Waals surface area contributed by atoms with Crippen LogP contribution in [0, 0.1) is 6.92 Å². The lowest BCUT2D eigenvalue weighted by molar-refractivity contribution is -0.124. The summed E-state index contributed by atoms with van der Waals surface area (Å²) in [5.74, 6) is -0.339. The van der Waals surface area contributed by atoms with Gasteiger partial charge in [-0.2, -0.15) is 0 Å². The molecule has 0 saturated carbocycles. The predicted molar refractivity (Wildman–Crippen MR) is 77.2 cm³/mol. The molecule has 0 N–H and O–H groups in total. The first-order valence-electron chi connectivity index (χ1n) is 5.89. The molecule has 1 aromatic carbocycles. The van der Waals surface area contributed by atoms with E-state index in [4.69, 9.17) is 16.3 Å². The standard InChI is InChI=1S/C14H15ClO3S/c1-7-5-8(15)6-9(18-4)10(7)11-12(16)14(2,3)19-13(11)17/h5-6,11H,1-4H3. The quantitative estimate of drug-likeness (QED) is 0.785. The lowest BCUT2D eigenvalue weighted by Crippen LogP contribution is -2.26. The summed E-state index contributed by atoms with van der Waals surface area (Å²) >= 11 is 7.07. The number of rotatable bonds is 2. The molecule has 0 aliphatic carbocycles. The summed E-state index contributed by atoms with van der Waals surface area (Å²) in [5, 5.41) is 0.404. The molecule has 1 heterocycles. The Bertz CT molecular complexity index is 566. The summed E-state index contributed by atoms with van der Waals surface area (Å²) in [6, 6.07) is 3.39. The van der Waals surface area contributed by atoms with Crippen molar-refractivity contribution in [1.82, 2.24) is 0 Å². The number of hydrogen-bond donors (Lipinski definition) is 0. The topological polar surface area (TPSA) is 43.4 Å². The molecule has 1 fully saturated rings. The third-order valence-electron chi connectivity index (χ3n) is 3.27. The molecule has 0 bridgehead atoms. The van der Waals surface area contributed by atoms with Crippen molar-refractivity contribution in [3.05, 3.63) is 28.3 Å². The van der Waals surface area contributed by atoms with Crippen molar-refractivity contribution >= 4 is 34.3 Å². The van der Waals surface area contributed by atoms with Gasteiger partial charge in [0.2, 0.25) is 5.12 Å². The van der Waals surface area contributed by atoms with E-state index >= 15 is 0 Å². The third kappa shape index (κ3) is 2.39. The first-order valence-corrected chi connectivity index (χ1v) is 7.08. The highest BCUT2D eigenvalue weighted by Crippen LogP contribution is 2.47. The van der Waals surface area contributed by atoms with Crippen LogP contribution >= 0.6 is 23.4 Å². The van der Waals surface area contributed by atoms with E-state index in [9.17, 15) is 9.59 Å². The first-order chi connectivity index (χ1) is 8.77. The molecule has 1 aromatic rings. The van der Waals surface area contributed by atoms with E-state index in [2.05, 4.69) is 0 Å². The molecule has 19 heavy (non-hydrogen) atoms. The zero-order valence-electron chi connectivity index (χ0n) is 11.2. The molecule has 1 aliphatic heterocycles. The van der Waals surface area contributed by atoms with Crippen LogP contribution in [-0.2, 0) is 9.59 Å². The summed E-state index contributed by atoms with van der Waals surface area (Å²) in [6.07, 6.45) is 0. The summed E-state index contributed by atoms with van der Waals surface area (Å²) < 4.78 is 4.60. The Kier molecular flexibility index (Phi) is 3.67. The Morgan fingerprint density at radius 2 is 1.95 bits per heavy atom. The van der Waals surface area contributed by atoms with Gasteiger partial charge in [-0.05, 0) is 38.5 Å². The van der Waals surface area contributed by atoms with Gasteiger partial charge in [0.15, 0.2) is 5.78 Å². The molecule has 3 nitrogen and oxygen atoms in total. The van der Waals surface area contributed by atoms with Crippen molar-refractivity contribution < 1.29 is 14.3 Å². The largest absolute Gasteiger partial charge is 0.496 e. The smallest absolute Gasteiger partial charge is 0.205 e. The van der Waals surface area contributed by atoms with Crippen LogP contribution in [0.5, 0.6) is 5.75 Å². The van der Waals surface area contributed by atoms with Crippen molar-refractivity contribution in [2.45, 2.75) is 31.4 Å². The molecule has 0 aromatic heterocycles. The minimum atomic E-state index is -0.757. The predicted octanol–water partition coefficient (Wildman–Crippen LogP) is 3.36. The molecule has 1 atom stereocenters. The SMILES string of the molecule is COc1cc(Cl)cc(C)c1C1C(=O)SC(C)(C)C1=O. The van der Waals surface area contributed by atoms with E-state index in [1.165, 1.54) is 7.11 Å². The number of methoxy groups -OCH3 is 1. The highest BCUT2D eigenvalue weighted by Gasteiger charge is 2.49. The van der Waals surface area contributed by atoms with Gasteiger partial charge in [-0.25, -0.2) is 0 Å². The number of thioether (sulfide) groups is 1. The van der Waals surface area contributed by atoms with Gasteiger partial charge in [0.25, 0.3) is 0 Å². The van der Waals surface area contributed by atoms with Crippen LogP contribution in [0.4, 0.5) is 0 Å². The van der Waals surface area contributed by atoms with Crippen molar-refractivity contribution in [1.29, 1.82) is 0 Å². The van der Waals surface area contributed by atoms with E-state index in [-0.39, 0.29) is 10.9 Å². The number of ether oxygens (including phenoxy) is 1. The van der Waals surface area contributed by atoms with E-state index in [1.54, 1.807) is 26.0 Å². The Labute approximate surface area is 121 Å². The van der Waals surface area contributed by atoms with E-state index in [0.717, 1.165) is 17.3 Å². The molecule has 0 radical (unpaired) electrons. The van der Waals surface area contributed by atoms with Gasteiger partial charge in [-0.1, -0.05) is 23.4 Å². The average Bonchev–Trinajstić information content (AvgIpc) is 2.49. The molecule has 1 aliphatic rings. The monoisotopic (exact) mass is 298 g/mol. The Morgan fingerprint density at radius 1 is 1.32 bits per heavy atom.